The van der Waals surface area contributed by atoms with Crippen LogP contribution in [0.25, 0.3) is 0 Å². The van der Waals surface area contributed by atoms with Crippen molar-refractivity contribution in [3.63, 3.8) is 0 Å². The SMILES string of the molecule is CC(C)(C)c1ccccc1P[C]12[CH]3[CH]4[CH]5[CH]1[Fe]45321678[CH]2[CH]1[CH]6[C]7(Pc1ccccc1C(C)(C)C)[CH]28. The number of hydrogen-bond acceptors (Lipinski definition) is 0. The van der Waals surface area contributed by atoms with Crippen LogP contribution in [-0.2, 0) is 17.3 Å². The molecule has 0 aliphatic carbocycles. The molecule has 2 aromatic carbocycles. The van der Waals surface area contributed by atoms with Gasteiger partial charge in [-0.1, -0.05) is 0 Å². The van der Waals surface area contributed by atoms with Crippen LogP contribution in [-0.4, -0.2) is 8.11 Å². The van der Waals surface area contributed by atoms with Crippen molar-refractivity contribution in [2.45, 2.75) is 99.0 Å². The van der Waals surface area contributed by atoms with Gasteiger partial charge in [0.25, 0.3) is 0 Å². The monoisotopic (exact) mass is 514 g/mol. The first-order chi connectivity index (χ1) is 15.3. The normalized spacial score (nSPS) is 71.1. The van der Waals surface area contributed by atoms with Gasteiger partial charge in [0, 0.05) is 0 Å². The first-order valence-electron chi connectivity index (χ1n) is 13.3. The van der Waals surface area contributed by atoms with Gasteiger partial charge in [0.15, 0.2) is 0 Å². The van der Waals surface area contributed by atoms with Crippen LogP contribution in [0, 0.1) is 0 Å². The van der Waals surface area contributed by atoms with Crippen molar-refractivity contribution >= 4 is 27.8 Å². The maximum absolute atomic E-state index is 3.42. The van der Waals surface area contributed by atoms with Gasteiger partial charge in [0.05, 0.1) is 0 Å². The van der Waals surface area contributed by atoms with Gasteiger partial charge in [-0.25, -0.2) is 0 Å². The van der Waals surface area contributed by atoms with Crippen LogP contribution in [0.3, 0.4) is 0 Å². The molecule has 10 atom stereocenters. The van der Waals surface area contributed by atoms with E-state index in [1.165, 1.54) is 55.7 Å². The van der Waals surface area contributed by atoms with Crippen LogP contribution in [0.5, 0.6) is 0 Å². The Hall–Kier alpha value is -0.181. The second-order valence-electron chi connectivity index (χ2n) is 17.6. The van der Waals surface area contributed by atoms with E-state index in [1.807, 2.05) is 0 Å². The van der Waals surface area contributed by atoms with Crippen molar-refractivity contribution in [3.05, 3.63) is 59.7 Å². The van der Waals surface area contributed by atoms with E-state index in [0.717, 1.165) is 8.11 Å². The third-order valence-electron chi connectivity index (χ3n) is 18.9. The molecule has 1 spiro atoms. The average Bonchev–Trinajstić information content (AvgIpc) is 3.69. The van der Waals surface area contributed by atoms with Crippen LogP contribution >= 0.6 is 17.2 Å². The van der Waals surface area contributed by atoms with Gasteiger partial charge in [-0.2, -0.15) is 0 Å². The third kappa shape index (κ3) is 0.389. The quantitative estimate of drug-likeness (QED) is 0.289. The van der Waals surface area contributed by atoms with E-state index in [9.17, 15) is 0 Å². The van der Waals surface area contributed by atoms with Crippen molar-refractivity contribution < 1.29 is 6.51 Å². The number of fused-ring (bicyclic) bond motifs is 10. The molecule has 10 aliphatic rings. The van der Waals surface area contributed by atoms with E-state index in [4.69, 9.17) is 0 Å². The second kappa shape index (κ2) is 2.29. The second-order valence-corrected chi connectivity index (χ2v) is 45.0. The van der Waals surface area contributed by atoms with E-state index >= 15 is 0 Å². The van der Waals surface area contributed by atoms with E-state index in [1.54, 1.807) is 21.7 Å². The van der Waals surface area contributed by atoms with Gasteiger partial charge in [0.1, 0.15) is 0 Å². The molecule has 0 nitrogen and oxygen atoms in total. The summed E-state index contributed by atoms with van der Waals surface area (Å²) in [6, 6.07) is 19.4. The first-order valence-corrected chi connectivity index (χ1v) is 21.5. The molecular weight excluding hydrogens is 478 g/mol. The summed E-state index contributed by atoms with van der Waals surface area (Å²) in [5.74, 6) is 0. The zero-order chi connectivity index (χ0) is 22.3. The molecule has 0 amide bonds. The summed E-state index contributed by atoms with van der Waals surface area (Å²) < 4.78 is 1.92. The molecule has 10 saturated heterocycles. The van der Waals surface area contributed by atoms with E-state index in [-0.39, 0.29) is 10.8 Å². The molecule has 0 radical (unpaired) electrons. The van der Waals surface area contributed by atoms with Crippen molar-refractivity contribution in [1.82, 2.24) is 0 Å². The zero-order valence-electron chi connectivity index (χ0n) is 20.6. The van der Waals surface area contributed by atoms with Crippen molar-refractivity contribution in [3.8, 4) is 0 Å². The minimum atomic E-state index is -3.42. The van der Waals surface area contributed by atoms with Crippen LogP contribution in [0.2, 0.25) is 38.5 Å². The summed E-state index contributed by atoms with van der Waals surface area (Å²) in [4.78, 5) is 11.0. The molecule has 10 aliphatic heterocycles. The van der Waals surface area contributed by atoms with E-state index in [0.29, 0.717) is 0 Å². The molecule has 0 bridgehead atoms. The van der Waals surface area contributed by atoms with Crippen molar-refractivity contribution in [2.75, 3.05) is 0 Å². The Morgan fingerprint density at radius 2 is 0.909 bits per heavy atom. The van der Waals surface area contributed by atoms with Crippen LogP contribution in [0.15, 0.2) is 48.5 Å². The van der Waals surface area contributed by atoms with Gasteiger partial charge in [-0.15, -0.1) is 0 Å². The number of rotatable bonds is 4. The maximum atomic E-state index is 2.56. The first kappa shape index (κ1) is 17.3. The van der Waals surface area contributed by atoms with Gasteiger partial charge >= 0.3 is 193 Å². The average molecular weight is 514 g/mol. The molecule has 174 valence electrons. The van der Waals surface area contributed by atoms with E-state index < -0.39 is 6.51 Å². The zero-order valence-corrected chi connectivity index (χ0v) is 23.7. The summed E-state index contributed by atoms with van der Waals surface area (Å²) in [6.07, 6.45) is 0. The van der Waals surface area contributed by atoms with Crippen LogP contribution in [0.4, 0.5) is 0 Å². The summed E-state index contributed by atoms with van der Waals surface area (Å²) in [5.41, 5.74) is 3.91. The molecule has 0 aromatic heterocycles. The Balaban J connectivity index is 1.08. The van der Waals surface area contributed by atoms with Gasteiger partial charge < -0.3 is 0 Å². The van der Waals surface area contributed by atoms with Crippen molar-refractivity contribution in [2.24, 2.45) is 0 Å². The minimum absolute atomic E-state index is 0.281. The Kier molecular flexibility index (Phi) is 1.20. The Morgan fingerprint density at radius 3 is 1.21 bits per heavy atom. The summed E-state index contributed by atoms with van der Waals surface area (Å²) in [5, 5.41) is 3.60. The van der Waals surface area contributed by atoms with Gasteiger partial charge in [-0.3, -0.25) is 0 Å². The topological polar surface area (TPSA) is 0 Å². The fourth-order valence-electron chi connectivity index (χ4n) is 20.1. The van der Waals surface area contributed by atoms with Crippen LogP contribution < -0.4 is 10.6 Å². The molecule has 10 fully saturated rings. The molecule has 10 heterocycles. The molecule has 12 rings (SSSR count). The molecule has 0 saturated carbocycles. The predicted molar refractivity (Wildman–Crippen MR) is 142 cm³/mol. The molecule has 33 heavy (non-hydrogen) atoms. The Bertz CT molecular complexity index is 1670. The third-order valence-corrected chi connectivity index (χ3v) is 73.9. The van der Waals surface area contributed by atoms with Crippen molar-refractivity contribution in [1.29, 1.82) is 0 Å². The summed E-state index contributed by atoms with van der Waals surface area (Å²) in [7, 11) is 2.36. The molecular formula is C30H36FeP2. The summed E-state index contributed by atoms with van der Waals surface area (Å²) >= 11 is 0. The fourth-order valence-corrected chi connectivity index (χ4v) is 120. The Morgan fingerprint density at radius 1 is 0.576 bits per heavy atom. The molecule has 3 heteroatoms. The molecule has 0 N–H and O–H groups in total. The van der Waals surface area contributed by atoms with E-state index in [2.05, 4.69) is 90.1 Å². The number of benzene rings is 2. The predicted octanol–water partition coefficient (Wildman–Crippen LogP) is 7.79. The number of hydrogen-bond donors (Lipinski definition) is 0. The van der Waals surface area contributed by atoms with Gasteiger partial charge in [0.2, 0.25) is 0 Å². The summed E-state index contributed by atoms with van der Waals surface area (Å²) in [6.45, 7) is 11.3. The molecule has 10 unspecified atom stereocenters. The van der Waals surface area contributed by atoms with Gasteiger partial charge in [-0.05, 0) is 0 Å². The standard InChI is InChI=1S/2C15H18P.Fe/c2*1-15(2,3)13-10-6-7-11-14(13)16-12-8-4-5-9-12;/h2*4-11,16H,1-3H3;. The Labute approximate surface area is 192 Å². The van der Waals surface area contributed by atoms with Crippen LogP contribution in [0.1, 0.15) is 52.7 Å². The fraction of sp³-hybridized carbons (Fsp3) is 0.600. The molecule has 2 aromatic rings.